The Morgan fingerprint density at radius 2 is 1.45 bits per heavy atom. The SMILES string of the molecule is OC1(c2ccccc2)OC2(CCCC2)N=C1c1ccccc1. The van der Waals surface area contributed by atoms with E-state index in [2.05, 4.69) is 0 Å². The second-order valence-electron chi connectivity index (χ2n) is 6.09. The number of ether oxygens (including phenoxy) is 1. The van der Waals surface area contributed by atoms with Crippen molar-refractivity contribution in [1.82, 2.24) is 0 Å². The van der Waals surface area contributed by atoms with Crippen molar-refractivity contribution < 1.29 is 9.84 Å². The number of aliphatic imine (C=N–C) groups is 1. The Morgan fingerprint density at radius 3 is 2.09 bits per heavy atom. The van der Waals surface area contributed by atoms with Crippen LogP contribution in [0.2, 0.25) is 0 Å². The largest absolute Gasteiger partial charge is 0.357 e. The smallest absolute Gasteiger partial charge is 0.239 e. The van der Waals surface area contributed by atoms with Crippen LogP contribution in [0.1, 0.15) is 36.8 Å². The number of benzene rings is 2. The van der Waals surface area contributed by atoms with Gasteiger partial charge in [-0.25, -0.2) is 4.99 Å². The Balaban J connectivity index is 1.85. The fourth-order valence-corrected chi connectivity index (χ4v) is 3.48. The molecule has 4 rings (SSSR count). The molecule has 0 bridgehead atoms. The normalized spacial score (nSPS) is 26.3. The van der Waals surface area contributed by atoms with E-state index < -0.39 is 11.5 Å². The fourth-order valence-electron chi connectivity index (χ4n) is 3.48. The summed E-state index contributed by atoms with van der Waals surface area (Å²) >= 11 is 0. The van der Waals surface area contributed by atoms with Crippen LogP contribution in [0.3, 0.4) is 0 Å². The highest BCUT2D eigenvalue weighted by Gasteiger charge is 2.53. The molecular formula is C19H19NO2. The molecule has 1 N–H and O–H groups in total. The number of hydrogen-bond donors (Lipinski definition) is 1. The van der Waals surface area contributed by atoms with Crippen molar-refractivity contribution in [1.29, 1.82) is 0 Å². The molecule has 2 aliphatic rings. The van der Waals surface area contributed by atoms with Crippen LogP contribution in [0, 0.1) is 0 Å². The first-order valence-electron chi connectivity index (χ1n) is 7.86. The zero-order chi connectivity index (χ0) is 15.0. The molecule has 1 heterocycles. The van der Waals surface area contributed by atoms with E-state index in [9.17, 15) is 5.11 Å². The van der Waals surface area contributed by atoms with E-state index >= 15 is 0 Å². The van der Waals surface area contributed by atoms with Crippen molar-refractivity contribution in [3.63, 3.8) is 0 Å². The average molecular weight is 293 g/mol. The molecule has 1 fully saturated rings. The van der Waals surface area contributed by atoms with Gasteiger partial charge in [0.05, 0.1) is 0 Å². The maximum atomic E-state index is 11.3. The predicted molar refractivity (Wildman–Crippen MR) is 85.6 cm³/mol. The molecule has 1 spiro atoms. The van der Waals surface area contributed by atoms with E-state index in [1.165, 1.54) is 0 Å². The molecular weight excluding hydrogens is 274 g/mol. The van der Waals surface area contributed by atoms with Crippen LogP contribution in [0.4, 0.5) is 0 Å². The van der Waals surface area contributed by atoms with Crippen molar-refractivity contribution >= 4 is 5.71 Å². The lowest BCUT2D eigenvalue weighted by molar-refractivity contribution is -0.209. The highest BCUT2D eigenvalue weighted by Crippen LogP contribution is 2.47. The van der Waals surface area contributed by atoms with Crippen molar-refractivity contribution in [2.24, 2.45) is 4.99 Å². The monoisotopic (exact) mass is 293 g/mol. The van der Waals surface area contributed by atoms with E-state index in [1.54, 1.807) is 0 Å². The van der Waals surface area contributed by atoms with Crippen molar-refractivity contribution in [2.75, 3.05) is 0 Å². The molecule has 2 aromatic carbocycles. The van der Waals surface area contributed by atoms with Crippen molar-refractivity contribution in [2.45, 2.75) is 37.2 Å². The molecule has 0 amide bonds. The van der Waals surface area contributed by atoms with Gasteiger partial charge in [-0.15, -0.1) is 0 Å². The van der Waals surface area contributed by atoms with Crippen LogP contribution in [0.15, 0.2) is 65.7 Å². The molecule has 1 unspecified atom stereocenters. The first kappa shape index (κ1) is 13.7. The summed E-state index contributed by atoms with van der Waals surface area (Å²) in [6.07, 6.45) is 3.93. The van der Waals surface area contributed by atoms with E-state index in [0.717, 1.165) is 36.8 Å². The van der Waals surface area contributed by atoms with Gasteiger partial charge in [-0.1, -0.05) is 60.7 Å². The van der Waals surface area contributed by atoms with Gasteiger partial charge in [0, 0.05) is 11.1 Å². The van der Waals surface area contributed by atoms with Gasteiger partial charge in [0.1, 0.15) is 5.71 Å². The number of hydrogen-bond acceptors (Lipinski definition) is 3. The van der Waals surface area contributed by atoms with E-state index in [1.807, 2.05) is 60.7 Å². The Hall–Kier alpha value is -1.97. The van der Waals surface area contributed by atoms with E-state index in [0.29, 0.717) is 5.71 Å². The summed E-state index contributed by atoms with van der Waals surface area (Å²) in [4.78, 5) is 4.86. The molecule has 1 aliphatic heterocycles. The van der Waals surface area contributed by atoms with E-state index in [-0.39, 0.29) is 0 Å². The van der Waals surface area contributed by atoms with Gasteiger partial charge in [-0.3, -0.25) is 0 Å². The Kier molecular flexibility index (Phi) is 3.13. The molecule has 0 radical (unpaired) electrons. The van der Waals surface area contributed by atoms with Gasteiger partial charge in [-0.2, -0.15) is 0 Å². The number of rotatable bonds is 2. The third-order valence-corrected chi connectivity index (χ3v) is 4.57. The lowest BCUT2D eigenvalue weighted by atomic mass is 9.96. The predicted octanol–water partition coefficient (Wildman–Crippen LogP) is 3.62. The number of aliphatic hydroxyl groups is 1. The highest BCUT2D eigenvalue weighted by atomic mass is 16.7. The first-order valence-corrected chi connectivity index (χ1v) is 7.86. The molecule has 3 heteroatoms. The maximum Gasteiger partial charge on any atom is 0.239 e. The second kappa shape index (κ2) is 5.04. The molecule has 1 saturated carbocycles. The molecule has 1 aliphatic carbocycles. The Bertz CT molecular complexity index is 690. The number of nitrogens with zero attached hydrogens (tertiary/aromatic N) is 1. The quantitative estimate of drug-likeness (QED) is 0.919. The zero-order valence-electron chi connectivity index (χ0n) is 12.4. The lowest BCUT2D eigenvalue weighted by Crippen LogP contribution is -2.38. The average Bonchev–Trinajstić information content (AvgIpc) is 3.14. The van der Waals surface area contributed by atoms with Crippen LogP contribution in [-0.4, -0.2) is 16.5 Å². The first-order chi connectivity index (χ1) is 10.7. The molecule has 112 valence electrons. The minimum atomic E-state index is -1.47. The van der Waals surface area contributed by atoms with Gasteiger partial charge < -0.3 is 9.84 Å². The summed E-state index contributed by atoms with van der Waals surface area (Å²) < 4.78 is 6.20. The minimum absolute atomic E-state index is 0.560. The Labute approximate surface area is 130 Å². The summed E-state index contributed by atoms with van der Waals surface area (Å²) in [6, 6.07) is 19.4. The van der Waals surface area contributed by atoms with Gasteiger partial charge in [0.25, 0.3) is 0 Å². The van der Waals surface area contributed by atoms with Gasteiger partial charge in [0.15, 0.2) is 5.72 Å². The van der Waals surface area contributed by atoms with Gasteiger partial charge in [0.2, 0.25) is 5.79 Å². The standard InChI is InChI=1S/C19H19NO2/c21-19(16-11-5-2-6-12-16)17(15-9-3-1-4-10-15)20-18(22-19)13-7-8-14-18/h1-6,9-12,21H,7-8,13-14H2. The van der Waals surface area contributed by atoms with Crippen LogP contribution in [0.5, 0.6) is 0 Å². The van der Waals surface area contributed by atoms with Crippen molar-refractivity contribution in [3.8, 4) is 0 Å². The summed E-state index contributed by atoms with van der Waals surface area (Å²) in [6.45, 7) is 0. The minimum Gasteiger partial charge on any atom is -0.357 e. The molecule has 0 saturated heterocycles. The molecule has 1 atom stereocenters. The fraction of sp³-hybridized carbons (Fsp3) is 0.316. The summed E-state index contributed by atoms with van der Waals surface area (Å²) in [5, 5.41) is 11.3. The summed E-state index contributed by atoms with van der Waals surface area (Å²) in [5.41, 5.74) is 1.72. The van der Waals surface area contributed by atoms with E-state index in [4.69, 9.17) is 9.73 Å². The van der Waals surface area contributed by atoms with Crippen LogP contribution >= 0.6 is 0 Å². The van der Waals surface area contributed by atoms with Gasteiger partial charge in [-0.05, 0) is 25.7 Å². The third-order valence-electron chi connectivity index (χ3n) is 4.57. The third kappa shape index (κ3) is 2.09. The molecule has 22 heavy (non-hydrogen) atoms. The van der Waals surface area contributed by atoms with Crippen LogP contribution < -0.4 is 0 Å². The Morgan fingerprint density at radius 1 is 0.864 bits per heavy atom. The zero-order valence-corrected chi connectivity index (χ0v) is 12.4. The summed E-state index contributed by atoms with van der Waals surface area (Å²) in [7, 11) is 0. The van der Waals surface area contributed by atoms with Crippen LogP contribution in [0.25, 0.3) is 0 Å². The highest BCUT2D eigenvalue weighted by molar-refractivity contribution is 6.07. The summed E-state index contributed by atoms with van der Waals surface area (Å²) in [5.74, 6) is -1.47. The molecule has 3 nitrogen and oxygen atoms in total. The van der Waals surface area contributed by atoms with Crippen LogP contribution in [-0.2, 0) is 10.5 Å². The maximum absolute atomic E-state index is 11.3. The lowest BCUT2D eigenvalue weighted by Gasteiger charge is -2.29. The van der Waals surface area contributed by atoms with Gasteiger partial charge >= 0.3 is 0 Å². The second-order valence-corrected chi connectivity index (χ2v) is 6.09. The molecule has 2 aromatic rings. The molecule has 0 aromatic heterocycles. The topological polar surface area (TPSA) is 41.8 Å². The van der Waals surface area contributed by atoms with Crippen molar-refractivity contribution in [3.05, 3.63) is 71.8 Å².